The molecule has 0 saturated heterocycles. The van der Waals surface area contributed by atoms with Crippen molar-refractivity contribution in [3.05, 3.63) is 82.5 Å². The van der Waals surface area contributed by atoms with Crippen LogP contribution in [0.3, 0.4) is 0 Å². The summed E-state index contributed by atoms with van der Waals surface area (Å²) in [6.07, 6.45) is 0. The molecule has 2 aromatic carbocycles. The summed E-state index contributed by atoms with van der Waals surface area (Å²) in [6.45, 7) is 6.29. The van der Waals surface area contributed by atoms with E-state index < -0.39 is 0 Å². The number of hydrogen-bond donors (Lipinski definition) is 2. The molecule has 6 heteroatoms. The Morgan fingerprint density at radius 3 is 2.45 bits per heavy atom. The number of aromatic nitrogens is 1. The Balaban J connectivity index is 1.90. The van der Waals surface area contributed by atoms with Crippen LogP contribution in [0, 0.1) is 20.8 Å². The first kappa shape index (κ1) is 20.4. The van der Waals surface area contributed by atoms with Gasteiger partial charge in [-0.15, -0.1) is 0 Å². The zero-order valence-electron chi connectivity index (χ0n) is 17.1. The number of rotatable bonds is 6. The molecule has 3 aromatic rings. The topological polar surface area (TPSA) is 76.0 Å². The van der Waals surface area contributed by atoms with Crippen LogP contribution < -0.4 is 15.0 Å². The van der Waals surface area contributed by atoms with Gasteiger partial charge in [0.1, 0.15) is 11.5 Å². The molecule has 1 aromatic heterocycles. The Labute approximate surface area is 170 Å². The second kappa shape index (κ2) is 9.21. The highest BCUT2D eigenvalue weighted by Gasteiger charge is 2.14. The normalized spacial score (nSPS) is 11.3. The minimum absolute atomic E-state index is 0.285. The van der Waals surface area contributed by atoms with Gasteiger partial charge in [-0.25, -0.2) is 4.98 Å². The molecule has 29 heavy (non-hydrogen) atoms. The average Bonchev–Trinajstić information content (AvgIpc) is 2.72. The Kier molecular flexibility index (Phi) is 6.46. The highest BCUT2D eigenvalue weighted by atomic mass is 16.5. The van der Waals surface area contributed by atoms with E-state index in [1.807, 2.05) is 75.4 Å². The van der Waals surface area contributed by atoms with Crippen molar-refractivity contribution in [1.29, 1.82) is 0 Å². The number of hydrogen-bond acceptors (Lipinski definition) is 5. The molecule has 0 spiro atoms. The zero-order chi connectivity index (χ0) is 20.8. The van der Waals surface area contributed by atoms with Gasteiger partial charge in [0, 0.05) is 5.69 Å². The van der Waals surface area contributed by atoms with Gasteiger partial charge in [-0.1, -0.05) is 29.8 Å². The highest BCUT2D eigenvalue weighted by molar-refractivity contribution is 6.00. The summed E-state index contributed by atoms with van der Waals surface area (Å²) in [4.78, 5) is 9.01. The van der Waals surface area contributed by atoms with E-state index in [1.165, 1.54) is 0 Å². The van der Waals surface area contributed by atoms with Crippen molar-refractivity contribution in [2.75, 3.05) is 7.11 Å². The molecule has 0 unspecified atom stereocenters. The summed E-state index contributed by atoms with van der Waals surface area (Å²) in [6, 6.07) is 17.2. The number of nitrogens with zero attached hydrogens (tertiary/aromatic N) is 2. The van der Waals surface area contributed by atoms with Crippen LogP contribution >= 0.6 is 0 Å². The summed E-state index contributed by atoms with van der Waals surface area (Å²) in [5.41, 5.74) is 6.72. The van der Waals surface area contributed by atoms with E-state index in [0.717, 1.165) is 28.1 Å². The SMILES string of the molecule is COc1ccc(CN=C(NO)c2ccc(C)nc2Oc2ccc(C)cc2C)cc1. The van der Waals surface area contributed by atoms with Crippen molar-refractivity contribution in [3.63, 3.8) is 0 Å². The van der Waals surface area contributed by atoms with Crippen LogP contribution in [0.25, 0.3) is 0 Å². The first-order valence-corrected chi connectivity index (χ1v) is 9.30. The van der Waals surface area contributed by atoms with E-state index >= 15 is 0 Å². The highest BCUT2D eigenvalue weighted by Crippen LogP contribution is 2.27. The summed E-state index contributed by atoms with van der Waals surface area (Å²) in [5.74, 6) is 2.16. The maximum Gasteiger partial charge on any atom is 0.230 e. The Morgan fingerprint density at radius 1 is 1.03 bits per heavy atom. The van der Waals surface area contributed by atoms with Gasteiger partial charge >= 0.3 is 0 Å². The van der Waals surface area contributed by atoms with Crippen LogP contribution in [0.2, 0.25) is 0 Å². The first-order chi connectivity index (χ1) is 14.0. The molecular formula is C23H25N3O3. The summed E-state index contributed by atoms with van der Waals surface area (Å²) in [7, 11) is 1.63. The van der Waals surface area contributed by atoms with Crippen LogP contribution in [0.4, 0.5) is 0 Å². The fourth-order valence-electron chi connectivity index (χ4n) is 2.89. The lowest BCUT2D eigenvalue weighted by atomic mass is 10.1. The first-order valence-electron chi connectivity index (χ1n) is 9.30. The number of aryl methyl sites for hydroxylation is 3. The number of amidine groups is 1. The quantitative estimate of drug-likeness (QED) is 0.361. The third-order valence-electron chi connectivity index (χ3n) is 4.48. The predicted octanol–water partition coefficient (Wildman–Crippen LogP) is 4.73. The number of benzene rings is 2. The van der Waals surface area contributed by atoms with E-state index in [2.05, 4.69) is 15.5 Å². The van der Waals surface area contributed by atoms with E-state index in [4.69, 9.17) is 9.47 Å². The second-order valence-corrected chi connectivity index (χ2v) is 6.80. The smallest absolute Gasteiger partial charge is 0.230 e. The molecule has 0 amide bonds. The van der Waals surface area contributed by atoms with Gasteiger partial charge in [-0.2, -0.15) is 0 Å². The maximum atomic E-state index is 9.71. The van der Waals surface area contributed by atoms with Gasteiger partial charge < -0.3 is 9.47 Å². The molecule has 1 heterocycles. The van der Waals surface area contributed by atoms with Gasteiger partial charge in [-0.3, -0.25) is 15.7 Å². The van der Waals surface area contributed by atoms with Crippen molar-refractivity contribution >= 4 is 5.84 Å². The van der Waals surface area contributed by atoms with Crippen LogP contribution in [-0.2, 0) is 6.54 Å². The molecule has 0 aliphatic rings. The van der Waals surface area contributed by atoms with Crippen LogP contribution in [-0.4, -0.2) is 23.1 Å². The Bertz CT molecular complexity index is 1010. The molecule has 0 fully saturated rings. The Morgan fingerprint density at radius 2 is 1.79 bits per heavy atom. The lowest BCUT2D eigenvalue weighted by Gasteiger charge is -2.14. The van der Waals surface area contributed by atoms with Crippen molar-refractivity contribution in [1.82, 2.24) is 10.5 Å². The number of ether oxygens (including phenoxy) is 2. The van der Waals surface area contributed by atoms with Gasteiger partial charge in [0.15, 0.2) is 5.84 Å². The molecular weight excluding hydrogens is 366 g/mol. The molecule has 150 valence electrons. The van der Waals surface area contributed by atoms with Crippen molar-refractivity contribution in [2.24, 2.45) is 4.99 Å². The molecule has 0 atom stereocenters. The number of hydroxylamine groups is 1. The van der Waals surface area contributed by atoms with E-state index in [9.17, 15) is 5.21 Å². The van der Waals surface area contributed by atoms with Crippen LogP contribution in [0.5, 0.6) is 17.4 Å². The molecule has 0 radical (unpaired) electrons. The molecule has 3 rings (SSSR count). The average molecular weight is 391 g/mol. The third-order valence-corrected chi connectivity index (χ3v) is 4.48. The molecule has 0 saturated carbocycles. The molecule has 0 aliphatic heterocycles. The van der Waals surface area contributed by atoms with Crippen molar-refractivity contribution in [2.45, 2.75) is 27.3 Å². The predicted molar refractivity (Wildman–Crippen MR) is 113 cm³/mol. The van der Waals surface area contributed by atoms with Crippen LogP contribution in [0.15, 0.2) is 59.6 Å². The lowest BCUT2D eigenvalue weighted by Crippen LogP contribution is -2.22. The fraction of sp³-hybridized carbons (Fsp3) is 0.217. The maximum absolute atomic E-state index is 9.71. The van der Waals surface area contributed by atoms with Crippen molar-refractivity contribution in [3.8, 4) is 17.4 Å². The van der Waals surface area contributed by atoms with Gasteiger partial charge in [0.25, 0.3) is 0 Å². The van der Waals surface area contributed by atoms with E-state index in [-0.39, 0.29) is 5.84 Å². The minimum Gasteiger partial charge on any atom is -0.497 e. The summed E-state index contributed by atoms with van der Waals surface area (Å²) >= 11 is 0. The fourth-order valence-corrected chi connectivity index (χ4v) is 2.89. The lowest BCUT2D eigenvalue weighted by molar-refractivity contribution is 0.234. The largest absolute Gasteiger partial charge is 0.497 e. The van der Waals surface area contributed by atoms with E-state index in [1.54, 1.807) is 7.11 Å². The number of nitrogens with one attached hydrogen (secondary N) is 1. The second-order valence-electron chi connectivity index (χ2n) is 6.80. The minimum atomic E-state index is 0.285. The van der Waals surface area contributed by atoms with Crippen LogP contribution in [0.1, 0.15) is 27.9 Å². The summed E-state index contributed by atoms with van der Waals surface area (Å²) in [5, 5.41) is 9.71. The molecule has 0 aliphatic carbocycles. The van der Waals surface area contributed by atoms with Gasteiger partial charge in [0.2, 0.25) is 5.88 Å². The standard InChI is InChI=1S/C23H25N3O3/c1-15-5-12-21(16(2)13-15)29-23-20(11-6-17(3)25-23)22(26-27)24-14-18-7-9-19(28-4)10-8-18/h5-13,27H,14H2,1-4H3,(H,24,26). The van der Waals surface area contributed by atoms with Gasteiger partial charge in [0.05, 0.1) is 19.2 Å². The number of methoxy groups -OCH3 is 1. The summed E-state index contributed by atoms with van der Waals surface area (Å²) < 4.78 is 11.3. The molecule has 2 N–H and O–H groups in total. The third kappa shape index (κ3) is 5.12. The van der Waals surface area contributed by atoms with Gasteiger partial charge in [-0.05, 0) is 62.2 Å². The molecule has 0 bridgehead atoms. The molecule has 6 nitrogen and oxygen atoms in total. The zero-order valence-corrected chi connectivity index (χ0v) is 17.1. The van der Waals surface area contributed by atoms with Crippen molar-refractivity contribution < 1.29 is 14.7 Å². The number of pyridine rings is 1. The number of aliphatic imine (C=N–C) groups is 1. The monoisotopic (exact) mass is 391 g/mol. The van der Waals surface area contributed by atoms with E-state index in [0.29, 0.717) is 23.7 Å². The Hall–Kier alpha value is -3.38.